The van der Waals surface area contributed by atoms with Crippen LogP contribution in [0, 0.1) is 5.92 Å². The van der Waals surface area contributed by atoms with Gasteiger partial charge in [-0.25, -0.2) is 0 Å². The van der Waals surface area contributed by atoms with Gasteiger partial charge in [0.2, 0.25) is 0 Å². The molecule has 0 bridgehead atoms. The number of hydrogen-bond acceptors (Lipinski definition) is 1. The molecular weight excluding hydrogens is 198 g/mol. The molecule has 1 rings (SSSR count). The summed E-state index contributed by atoms with van der Waals surface area (Å²) in [5.41, 5.74) is 2.83. The molecular formula is C14H23NO. The van der Waals surface area contributed by atoms with Gasteiger partial charge in [-0.05, 0) is 24.5 Å². The number of rotatable bonds is 2. The van der Waals surface area contributed by atoms with E-state index in [9.17, 15) is 4.79 Å². The molecule has 1 heterocycles. The minimum absolute atomic E-state index is 0.0138. The Balaban J connectivity index is 0.00000106. The third-order valence-corrected chi connectivity index (χ3v) is 2.45. The molecule has 0 aromatic carbocycles. The van der Waals surface area contributed by atoms with Gasteiger partial charge in [0, 0.05) is 12.1 Å². The summed E-state index contributed by atoms with van der Waals surface area (Å²) in [6, 6.07) is 0. The second-order valence-corrected chi connectivity index (χ2v) is 3.78. The smallest absolute Gasteiger partial charge is 0.251 e. The monoisotopic (exact) mass is 221 g/mol. The predicted molar refractivity (Wildman–Crippen MR) is 70.2 cm³/mol. The Kier molecular flexibility index (Phi) is 6.47. The minimum atomic E-state index is 0.0138. The molecule has 1 amide bonds. The van der Waals surface area contributed by atoms with Gasteiger partial charge in [-0.15, -0.1) is 0 Å². The fourth-order valence-electron chi connectivity index (χ4n) is 1.28. The van der Waals surface area contributed by atoms with Crippen molar-refractivity contribution in [1.29, 1.82) is 0 Å². The van der Waals surface area contributed by atoms with E-state index >= 15 is 0 Å². The van der Waals surface area contributed by atoms with Gasteiger partial charge in [-0.3, -0.25) is 4.79 Å². The Labute approximate surface area is 99.1 Å². The molecule has 0 spiro atoms. The van der Waals surface area contributed by atoms with Crippen LogP contribution in [0.4, 0.5) is 0 Å². The van der Waals surface area contributed by atoms with Gasteiger partial charge in [0.05, 0.1) is 0 Å². The second kappa shape index (κ2) is 7.04. The molecule has 0 saturated carbocycles. The second-order valence-electron chi connectivity index (χ2n) is 3.78. The summed E-state index contributed by atoms with van der Waals surface area (Å²) in [4.78, 5) is 11.4. The zero-order valence-electron chi connectivity index (χ0n) is 11.1. The van der Waals surface area contributed by atoms with E-state index in [2.05, 4.69) is 25.7 Å². The van der Waals surface area contributed by atoms with Gasteiger partial charge in [0.15, 0.2) is 0 Å². The highest BCUT2D eigenvalue weighted by Gasteiger charge is 2.21. The summed E-state index contributed by atoms with van der Waals surface area (Å²) in [6.45, 7) is 14.7. The SMILES string of the molecule is C=C(/C=C1/C(=O)NC/C1=C/C)C(C)C.CC. The molecule has 16 heavy (non-hydrogen) atoms. The van der Waals surface area contributed by atoms with Crippen molar-refractivity contribution in [1.82, 2.24) is 5.32 Å². The summed E-state index contributed by atoms with van der Waals surface area (Å²) in [5.74, 6) is 0.397. The van der Waals surface area contributed by atoms with Gasteiger partial charge < -0.3 is 5.32 Å². The molecule has 0 unspecified atom stereocenters. The Hall–Kier alpha value is -1.31. The van der Waals surface area contributed by atoms with E-state index < -0.39 is 0 Å². The zero-order chi connectivity index (χ0) is 12.7. The largest absolute Gasteiger partial charge is 0.348 e. The molecule has 2 heteroatoms. The van der Waals surface area contributed by atoms with Gasteiger partial charge >= 0.3 is 0 Å². The third-order valence-electron chi connectivity index (χ3n) is 2.45. The van der Waals surface area contributed by atoms with Crippen LogP contribution >= 0.6 is 0 Å². The van der Waals surface area contributed by atoms with Crippen molar-refractivity contribution in [3.8, 4) is 0 Å². The van der Waals surface area contributed by atoms with Crippen LogP contribution in [0.15, 0.2) is 35.5 Å². The van der Waals surface area contributed by atoms with Crippen LogP contribution < -0.4 is 5.32 Å². The van der Waals surface area contributed by atoms with Crippen LogP contribution in [0.1, 0.15) is 34.6 Å². The van der Waals surface area contributed by atoms with E-state index in [-0.39, 0.29) is 5.91 Å². The Morgan fingerprint density at radius 1 is 1.44 bits per heavy atom. The average Bonchev–Trinajstić information content (AvgIpc) is 2.63. The first-order chi connectivity index (χ1) is 7.56. The number of nitrogens with one attached hydrogen (secondary N) is 1. The topological polar surface area (TPSA) is 29.1 Å². The average molecular weight is 221 g/mol. The highest BCUT2D eigenvalue weighted by atomic mass is 16.2. The third kappa shape index (κ3) is 3.69. The number of amides is 1. The van der Waals surface area contributed by atoms with E-state index in [0.717, 1.165) is 16.7 Å². The maximum absolute atomic E-state index is 11.4. The lowest BCUT2D eigenvalue weighted by Crippen LogP contribution is -2.14. The fraction of sp³-hybridized carbons (Fsp3) is 0.500. The number of hydrogen-bond donors (Lipinski definition) is 1. The summed E-state index contributed by atoms with van der Waals surface area (Å²) < 4.78 is 0. The molecule has 1 saturated heterocycles. The summed E-state index contributed by atoms with van der Waals surface area (Å²) in [5, 5.41) is 2.80. The molecule has 1 aliphatic heterocycles. The maximum atomic E-state index is 11.4. The van der Waals surface area contributed by atoms with Crippen LogP contribution in [0.5, 0.6) is 0 Å². The van der Waals surface area contributed by atoms with Crippen molar-refractivity contribution >= 4 is 5.91 Å². The lowest BCUT2D eigenvalue weighted by Gasteiger charge is -2.04. The Bertz CT molecular complexity index is 322. The van der Waals surface area contributed by atoms with Crippen LogP contribution in [0.2, 0.25) is 0 Å². The van der Waals surface area contributed by atoms with Crippen molar-refractivity contribution in [2.24, 2.45) is 5.92 Å². The summed E-state index contributed by atoms with van der Waals surface area (Å²) in [7, 11) is 0. The zero-order valence-corrected chi connectivity index (χ0v) is 11.1. The molecule has 0 aromatic heterocycles. The van der Waals surface area contributed by atoms with E-state index in [0.29, 0.717) is 12.5 Å². The highest BCUT2D eigenvalue weighted by molar-refractivity contribution is 6.01. The lowest BCUT2D eigenvalue weighted by atomic mass is 9.99. The Morgan fingerprint density at radius 3 is 2.44 bits per heavy atom. The summed E-state index contributed by atoms with van der Waals surface area (Å²) >= 11 is 0. The number of allylic oxidation sites excluding steroid dienone is 3. The molecule has 0 radical (unpaired) electrons. The highest BCUT2D eigenvalue weighted by Crippen LogP contribution is 2.20. The predicted octanol–water partition coefficient (Wildman–Crippen LogP) is 3.23. The number of carbonyl (C=O) groups excluding carboxylic acids is 1. The minimum Gasteiger partial charge on any atom is -0.348 e. The normalized spacial score (nSPS) is 19.8. The van der Waals surface area contributed by atoms with Crippen molar-refractivity contribution in [2.45, 2.75) is 34.6 Å². The van der Waals surface area contributed by atoms with Crippen LogP contribution in [0.25, 0.3) is 0 Å². The molecule has 0 atom stereocenters. The van der Waals surface area contributed by atoms with E-state index in [1.807, 2.05) is 32.9 Å². The molecule has 1 N–H and O–H groups in total. The number of carbonyl (C=O) groups is 1. The molecule has 2 nitrogen and oxygen atoms in total. The van der Waals surface area contributed by atoms with Crippen LogP contribution in [-0.2, 0) is 4.79 Å². The van der Waals surface area contributed by atoms with Crippen molar-refractivity contribution in [3.63, 3.8) is 0 Å². The van der Waals surface area contributed by atoms with Gasteiger partial charge in [-0.1, -0.05) is 45.9 Å². The van der Waals surface area contributed by atoms with Gasteiger partial charge in [0.25, 0.3) is 5.91 Å². The van der Waals surface area contributed by atoms with Gasteiger partial charge in [0.1, 0.15) is 0 Å². The Morgan fingerprint density at radius 2 is 2.00 bits per heavy atom. The first-order valence-electron chi connectivity index (χ1n) is 5.90. The van der Waals surface area contributed by atoms with Crippen LogP contribution in [-0.4, -0.2) is 12.5 Å². The van der Waals surface area contributed by atoms with Crippen molar-refractivity contribution < 1.29 is 4.79 Å². The first-order valence-corrected chi connectivity index (χ1v) is 5.90. The van der Waals surface area contributed by atoms with E-state index in [4.69, 9.17) is 0 Å². The molecule has 0 aromatic rings. The van der Waals surface area contributed by atoms with Crippen LogP contribution in [0.3, 0.4) is 0 Å². The molecule has 0 aliphatic carbocycles. The van der Waals surface area contributed by atoms with E-state index in [1.165, 1.54) is 0 Å². The molecule has 1 fully saturated rings. The molecule has 1 aliphatic rings. The van der Waals surface area contributed by atoms with Gasteiger partial charge in [-0.2, -0.15) is 0 Å². The fourth-order valence-corrected chi connectivity index (χ4v) is 1.28. The standard InChI is InChI=1S/C12H17NO.C2H6/c1-5-10-7-13-12(14)11(10)6-9(4)8(2)3;1-2/h5-6,8H,4,7H2,1-3H3,(H,13,14);1-2H3/b10-5-,11-6+;. The molecule has 90 valence electrons. The maximum Gasteiger partial charge on any atom is 0.251 e. The van der Waals surface area contributed by atoms with E-state index in [1.54, 1.807) is 0 Å². The lowest BCUT2D eigenvalue weighted by molar-refractivity contribution is -0.116. The summed E-state index contributed by atoms with van der Waals surface area (Å²) in [6.07, 6.45) is 3.86. The van der Waals surface area contributed by atoms with Crippen molar-refractivity contribution in [2.75, 3.05) is 6.54 Å². The quantitative estimate of drug-likeness (QED) is 0.713. The first kappa shape index (κ1) is 14.7. The van der Waals surface area contributed by atoms with Crippen molar-refractivity contribution in [3.05, 3.63) is 35.5 Å².